The highest BCUT2D eigenvalue weighted by atomic mass is 79.9. The predicted molar refractivity (Wildman–Crippen MR) is 82.2 cm³/mol. The molecular formula is C13H13BrN2O2S. The first-order valence-electron chi connectivity index (χ1n) is 5.68. The molecule has 0 unspecified atom stereocenters. The molecule has 0 radical (unpaired) electrons. The van der Waals surface area contributed by atoms with E-state index in [1.165, 1.54) is 4.88 Å². The number of nitrogens with zero attached hydrogens (tertiary/aromatic N) is 2. The maximum atomic E-state index is 10.8. The van der Waals surface area contributed by atoms with Crippen LogP contribution in [0.5, 0.6) is 0 Å². The fourth-order valence-corrected chi connectivity index (χ4v) is 3.09. The molecule has 19 heavy (non-hydrogen) atoms. The largest absolute Gasteiger partial charge is 0.369 e. The number of alkyl halides is 1. The van der Waals surface area contributed by atoms with Gasteiger partial charge in [0.1, 0.15) is 0 Å². The van der Waals surface area contributed by atoms with Crippen LogP contribution < -0.4 is 4.90 Å². The summed E-state index contributed by atoms with van der Waals surface area (Å²) >= 11 is 5.10. The Morgan fingerprint density at radius 3 is 2.79 bits per heavy atom. The van der Waals surface area contributed by atoms with Gasteiger partial charge in [-0.05, 0) is 23.1 Å². The third-order valence-electron chi connectivity index (χ3n) is 2.80. The lowest BCUT2D eigenvalue weighted by Crippen LogP contribution is -2.17. The SMILES string of the molecule is CN(Cc1cccs1)c1ccc([N+](=O)[O-])cc1CBr. The van der Waals surface area contributed by atoms with Crippen LogP contribution in [0, 0.1) is 10.1 Å². The number of halogens is 1. The topological polar surface area (TPSA) is 46.4 Å². The average molecular weight is 341 g/mol. The summed E-state index contributed by atoms with van der Waals surface area (Å²) in [5, 5.41) is 13.4. The zero-order chi connectivity index (χ0) is 13.8. The van der Waals surface area contributed by atoms with Crippen LogP contribution in [0.15, 0.2) is 35.7 Å². The first kappa shape index (κ1) is 14.0. The number of nitro benzene ring substituents is 1. The molecule has 0 aliphatic heterocycles. The summed E-state index contributed by atoms with van der Waals surface area (Å²) in [6, 6.07) is 9.08. The standard InChI is InChI=1S/C13H13BrN2O2S/c1-15(9-12-3-2-6-19-12)13-5-4-11(16(17)18)7-10(13)8-14/h2-7H,8-9H2,1H3. The van der Waals surface area contributed by atoms with Gasteiger partial charge >= 0.3 is 0 Å². The molecule has 2 aromatic rings. The minimum atomic E-state index is -0.366. The van der Waals surface area contributed by atoms with Gasteiger partial charge in [0.15, 0.2) is 0 Å². The number of anilines is 1. The Kier molecular flexibility index (Phi) is 4.55. The number of non-ortho nitro benzene ring substituents is 1. The van der Waals surface area contributed by atoms with Crippen molar-refractivity contribution in [2.24, 2.45) is 0 Å². The molecule has 2 rings (SSSR count). The molecule has 0 aliphatic rings. The summed E-state index contributed by atoms with van der Waals surface area (Å²) in [7, 11) is 1.99. The number of hydrogen-bond acceptors (Lipinski definition) is 4. The Bertz CT molecular complexity index is 572. The number of benzene rings is 1. The van der Waals surface area contributed by atoms with Crippen LogP contribution >= 0.6 is 27.3 Å². The van der Waals surface area contributed by atoms with Gasteiger partial charge in [0.25, 0.3) is 5.69 Å². The maximum absolute atomic E-state index is 10.8. The Hall–Kier alpha value is -1.40. The van der Waals surface area contributed by atoms with Crippen LogP contribution in [0.4, 0.5) is 11.4 Å². The molecule has 1 aromatic heterocycles. The van der Waals surface area contributed by atoms with Crippen molar-refractivity contribution in [2.45, 2.75) is 11.9 Å². The van der Waals surface area contributed by atoms with E-state index in [0.29, 0.717) is 5.33 Å². The summed E-state index contributed by atoms with van der Waals surface area (Å²) in [4.78, 5) is 13.8. The number of hydrogen-bond donors (Lipinski definition) is 0. The zero-order valence-corrected chi connectivity index (χ0v) is 12.8. The summed E-state index contributed by atoms with van der Waals surface area (Å²) in [6.07, 6.45) is 0. The molecule has 6 heteroatoms. The normalized spacial score (nSPS) is 10.4. The molecule has 100 valence electrons. The van der Waals surface area contributed by atoms with E-state index < -0.39 is 0 Å². The molecule has 1 heterocycles. The van der Waals surface area contributed by atoms with Crippen LogP contribution in [0.2, 0.25) is 0 Å². The van der Waals surface area contributed by atoms with Crippen molar-refractivity contribution in [2.75, 3.05) is 11.9 Å². The number of thiophene rings is 1. The van der Waals surface area contributed by atoms with Gasteiger partial charge in [-0.25, -0.2) is 0 Å². The molecule has 0 amide bonds. The van der Waals surface area contributed by atoms with Gasteiger partial charge in [0, 0.05) is 35.1 Å². The third-order valence-corrected chi connectivity index (χ3v) is 4.27. The monoisotopic (exact) mass is 340 g/mol. The van der Waals surface area contributed by atoms with Gasteiger partial charge in [-0.15, -0.1) is 11.3 Å². The minimum Gasteiger partial charge on any atom is -0.369 e. The lowest BCUT2D eigenvalue weighted by molar-refractivity contribution is -0.384. The van der Waals surface area contributed by atoms with E-state index in [2.05, 4.69) is 26.9 Å². The van der Waals surface area contributed by atoms with Gasteiger partial charge in [0.2, 0.25) is 0 Å². The molecule has 0 fully saturated rings. The van der Waals surface area contributed by atoms with E-state index in [9.17, 15) is 10.1 Å². The van der Waals surface area contributed by atoms with E-state index in [1.807, 2.05) is 24.6 Å². The van der Waals surface area contributed by atoms with Crippen LogP contribution in [0.1, 0.15) is 10.4 Å². The van der Waals surface area contributed by atoms with E-state index in [4.69, 9.17) is 0 Å². The highest BCUT2D eigenvalue weighted by Gasteiger charge is 2.13. The molecule has 0 aliphatic carbocycles. The van der Waals surface area contributed by atoms with Crippen molar-refractivity contribution in [3.8, 4) is 0 Å². The Morgan fingerprint density at radius 2 is 2.21 bits per heavy atom. The third kappa shape index (κ3) is 3.33. The molecule has 0 spiro atoms. The second-order valence-corrected chi connectivity index (χ2v) is 5.73. The number of rotatable bonds is 5. The summed E-state index contributed by atoms with van der Waals surface area (Å²) in [5.74, 6) is 0. The molecular weight excluding hydrogens is 328 g/mol. The van der Waals surface area contributed by atoms with Crippen molar-refractivity contribution in [3.05, 3.63) is 56.3 Å². The molecule has 0 saturated heterocycles. The fourth-order valence-electron chi connectivity index (χ4n) is 1.89. The highest BCUT2D eigenvalue weighted by Crippen LogP contribution is 2.28. The van der Waals surface area contributed by atoms with Crippen LogP contribution in [0.3, 0.4) is 0 Å². The zero-order valence-electron chi connectivity index (χ0n) is 10.4. The van der Waals surface area contributed by atoms with Gasteiger partial charge in [-0.3, -0.25) is 10.1 Å². The smallest absolute Gasteiger partial charge is 0.269 e. The fraction of sp³-hybridized carbons (Fsp3) is 0.231. The maximum Gasteiger partial charge on any atom is 0.269 e. The van der Waals surface area contributed by atoms with E-state index in [0.717, 1.165) is 17.8 Å². The second kappa shape index (κ2) is 6.16. The Morgan fingerprint density at radius 1 is 1.42 bits per heavy atom. The second-order valence-electron chi connectivity index (χ2n) is 4.14. The summed E-state index contributed by atoms with van der Waals surface area (Å²) in [5.41, 5.74) is 2.06. The Labute approximate surface area is 124 Å². The molecule has 4 nitrogen and oxygen atoms in total. The lowest BCUT2D eigenvalue weighted by atomic mass is 10.1. The van der Waals surface area contributed by atoms with Gasteiger partial charge in [-0.1, -0.05) is 22.0 Å². The molecule has 1 aromatic carbocycles. The van der Waals surface area contributed by atoms with Gasteiger partial charge in [-0.2, -0.15) is 0 Å². The Balaban J connectivity index is 2.25. The average Bonchev–Trinajstić information content (AvgIpc) is 2.90. The van der Waals surface area contributed by atoms with Crippen molar-refractivity contribution in [1.29, 1.82) is 0 Å². The van der Waals surface area contributed by atoms with Crippen molar-refractivity contribution in [3.63, 3.8) is 0 Å². The molecule has 0 N–H and O–H groups in total. The minimum absolute atomic E-state index is 0.128. The first-order chi connectivity index (χ1) is 9.11. The summed E-state index contributed by atoms with van der Waals surface area (Å²) in [6.45, 7) is 0.801. The van der Waals surface area contributed by atoms with Crippen LogP contribution in [-0.2, 0) is 11.9 Å². The van der Waals surface area contributed by atoms with Gasteiger partial charge < -0.3 is 4.90 Å². The quantitative estimate of drug-likeness (QED) is 0.465. The van der Waals surface area contributed by atoms with E-state index >= 15 is 0 Å². The molecule has 0 atom stereocenters. The van der Waals surface area contributed by atoms with Crippen molar-refractivity contribution in [1.82, 2.24) is 0 Å². The molecule has 0 bridgehead atoms. The van der Waals surface area contributed by atoms with E-state index in [1.54, 1.807) is 23.5 Å². The first-order valence-corrected chi connectivity index (χ1v) is 7.68. The molecule has 0 saturated carbocycles. The van der Waals surface area contributed by atoms with Crippen molar-refractivity contribution >= 4 is 38.6 Å². The van der Waals surface area contributed by atoms with Gasteiger partial charge in [0.05, 0.1) is 11.5 Å². The summed E-state index contributed by atoms with van der Waals surface area (Å²) < 4.78 is 0. The highest BCUT2D eigenvalue weighted by molar-refractivity contribution is 9.08. The predicted octanol–water partition coefficient (Wildman–Crippen LogP) is 4.19. The van der Waals surface area contributed by atoms with E-state index in [-0.39, 0.29) is 10.6 Å². The number of nitro groups is 1. The lowest BCUT2D eigenvalue weighted by Gasteiger charge is -2.21. The van der Waals surface area contributed by atoms with Crippen molar-refractivity contribution < 1.29 is 4.92 Å². The van der Waals surface area contributed by atoms with Crippen LogP contribution in [-0.4, -0.2) is 12.0 Å². The van der Waals surface area contributed by atoms with Crippen LogP contribution in [0.25, 0.3) is 0 Å².